The summed E-state index contributed by atoms with van der Waals surface area (Å²) < 4.78 is 0. The molecular formula is C23H24N4O2S. The number of hydrogen-bond acceptors (Lipinski definition) is 5. The molecule has 0 spiro atoms. The molecule has 7 heteroatoms. The van der Waals surface area contributed by atoms with Gasteiger partial charge in [-0.2, -0.15) is 0 Å². The molecule has 0 unspecified atom stereocenters. The second-order valence-corrected chi connectivity index (χ2v) is 9.47. The lowest BCUT2D eigenvalue weighted by molar-refractivity contribution is -0.119. The highest BCUT2D eigenvalue weighted by atomic mass is 32.1. The van der Waals surface area contributed by atoms with Gasteiger partial charge in [-0.15, -0.1) is 10.2 Å². The molecule has 0 saturated heterocycles. The van der Waals surface area contributed by atoms with Crippen LogP contribution >= 0.6 is 11.3 Å². The molecule has 1 aromatic heterocycles. The van der Waals surface area contributed by atoms with Gasteiger partial charge in [-0.3, -0.25) is 14.9 Å². The maximum Gasteiger partial charge on any atom is 0.254 e. The summed E-state index contributed by atoms with van der Waals surface area (Å²) in [5, 5.41) is 12.7. The molecule has 0 saturated carbocycles. The van der Waals surface area contributed by atoms with Gasteiger partial charge in [0.2, 0.25) is 11.0 Å². The van der Waals surface area contributed by atoms with Gasteiger partial charge in [0.05, 0.1) is 12.0 Å². The Hall–Kier alpha value is -3.06. The largest absolute Gasteiger partial charge is 0.334 e. The zero-order valence-corrected chi connectivity index (χ0v) is 18.2. The highest BCUT2D eigenvalue weighted by Crippen LogP contribution is 2.42. The summed E-state index contributed by atoms with van der Waals surface area (Å²) in [7, 11) is 1.75. The van der Waals surface area contributed by atoms with Crippen molar-refractivity contribution in [1.82, 2.24) is 15.1 Å². The Morgan fingerprint density at radius 2 is 1.70 bits per heavy atom. The van der Waals surface area contributed by atoms with Crippen LogP contribution in [0.4, 0.5) is 5.13 Å². The van der Waals surface area contributed by atoms with Gasteiger partial charge >= 0.3 is 0 Å². The molecule has 4 rings (SSSR count). The number of benzene rings is 2. The lowest BCUT2D eigenvalue weighted by Gasteiger charge is -2.39. The molecule has 2 amide bonds. The molecule has 154 valence electrons. The summed E-state index contributed by atoms with van der Waals surface area (Å²) in [6, 6.07) is 16.6. The molecular weight excluding hydrogens is 396 g/mol. The molecule has 0 fully saturated rings. The number of hydrogen-bond donors (Lipinski definition) is 1. The van der Waals surface area contributed by atoms with Crippen molar-refractivity contribution in [1.29, 1.82) is 0 Å². The zero-order valence-electron chi connectivity index (χ0n) is 17.4. The molecule has 3 aromatic rings. The van der Waals surface area contributed by atoms with Crippen LogP contribution in [0.3, 0.4) is 0 Å². The van der Waals surface area contributed by atoms with E-state index in [0.29, 0.717) is 10.7 Å². The number of fused-ring (bicyclic) bond motifs is 1. The normalized spacial score (nSPS) is 18.8. The second kappa shape index (κ2) is 7.65. The number of nitrogens with one attached hydrogen (secondary N) is 1. The van der Waals surface area contributed by atoms with E-state index >= 15 is 0 Å². The van der Waals surface area contributed by atoms with Crippen LogP contribution in [-0.2, 0) is 10.2 Å². The Kier molecular flexibility index (Phi) is 5.15. The van der Waals surface area contributed by atoms with Gasteiger partial charge in [0.25, 0.3) is 5.91 Å². The van der Waals surface area contributed by atoms with Crippen LogP contribution in [0.15, 0.2) is 54.6 Å². The predicted molar refractivity (Wildman–Crippen MR) is 118 cm³/mol. The maximum absolute atomic E-state index is 13.5. The van der Waals surface area contributed by atoms with E-state index in [2.05, 4.69) is 36.3 Å². The summed E-state index contributed by atoms with van der Waals surface area (Å²) in [6.45, 7) is 6.17. The molecule has 2 atom stereocenters. The average molecular weight is 421 g/mol. The van der Waals surface area contributed by atoms with E-state index in [-0.39, 0.29) is 17.2 Å². The zero-order chi connectivity index (χ0) is 21.5. The summed E-state index contributed by atoms with van der Waals surface area (Å²) in [5.41, 5.74) is 2.06. The van der Waals surface area contributed by atoms with Gasteiger partial charge in [-0.1, -0.05) is 80.6 Å². The molecule has 1 N–H and O–H groups in total. The van der Waals surface area contributed by atoms with Crippen molar-refractivity contribution in [2.24, 2.45) is 0 Å². The second-order valence-electron chi connectivity index (χ2n) is 8.49. The van der Waals surface area contributed by atoms with E-state index < -0.39 is 12.0 Å². The summed E-state index contributed by atoms with van der Waals surface area (Å²) in [6.07, 6.45) is 0. The molecule has 2 heterocycles. The fourth-order valence-corrected chi connectivity index (χ4v) is 4.59. The molecule has 2 aromatic carbocycles. The van der Waals surface area contributed by atoms with Crippen LogP contribution in [0.5, 0.6) is 0 Å². The Balaban J connectivity index is 1.75. The third kappa shape index (κ3) is 3.61. The molecule has 1 aliphatic heterocycles. The van der Waals surface area contributed by atoms with Crippen LogP contribution in [0.25, 0.3) is 0 Å². The predicted octanol–water partition coefficient (Wildman–Crippen LogP) is 4.38. The summed E-state index contributed by atoms with van der Waals surface area (Å²) in [5.74, 6) is -0.852. The smallest absolute Gasteiger partial charge is 0.254 e. The highest BCUT2D eigenvalue weighted by molar-refractivity contribution is 7.15. The lowest BCUT2D eigenvalue weighted by atomic mass is 9.79. The van der Waals surface area contributed by atoms with Gasteiger partial charge in [0.15, 0.2) is 0 Å². The van der Waals surface area contributed by atoms with Crippen LogP contribution < -0.4 is 5.32 Å². The minimum Gasteiger partial charge on any atom is -0.334 e. The summed E-state index contributed by atoms with van der Waals surface area (Å²) >= 11 is 1.38. The minimum atomic E-state index is -0.562. The van der Waals surface area contributed by atoms with Crippen LogP contribution in [-0.4, -0.2) is 34.0 Å². The number of carbonyl (C=O) groups excluding carboxylic acids is 2. The quantitative estimate of drug-likeness (QED) is 0.682. The van der Waals surface area contributed by atoms with Crippen LogP contribution in [0.2, 0.25) is 0 Å². The first kappa shape index (κ1) is 20.2. The van der Waals surface area contributed by atoms with E-state index in [4.69, 9.17) is 0 Å². The summed E-state index contributed by atoms with van der Waals surface area (Å²) in [4.78, 5) is 28.2. The van der Waals surface area contributed by atoms with Crippen LogP contribution in [0.1, 0.15) is 59.2 Å². The van der Waals surface area contributed by atoms with Crippen molar-refractivity contribution in [2.75, 3.05) is 12.4 Å². The standard InChI is InChI=1S/C23H24N4O2S/c1-23(2,3)21-25-26-22(30-21)24-19(28)17-15-12-8-9-13-16(15)20(29)27(4)18(17)14-10-6-5-7-11-14/h5-13,17-18H,1-4H3,(H,24,26,28)/t17-,18+/m0/s1. The monoisotopic (exact) mass is 420 g/mol. The van der Waals surface area contributed by atoms with Crippen molar-refractivity contribution >= 4 is 28.3 Å². The van der Waals surface area contributed by atoms with Gasteiger partial charge < -0.3 is 4.90 Å². The maximum atomic E-state index is 13.5. The van der Waals surface area contributed by atoms with E-state index in [0.717, 1.165) is 16.1 Å². The Labute approximate surface area is 180 Å². The van der Waals surface area contributed by atoms with Crippen molar-refractivity contribution < 1.29 is 9.59 Å². The first-order valence-electron chi connectivity index (χ1n) is 9.83. The molecule has 30 heavy (non-hydrogen) atoms. The fraction of sp³-hybridized carbons (Fsp3) is 0.304. The number of rotatable bonds is 3. The first-order valence-corrected chi connectivity index (χ1v) is 10.6. The van der Waals surface area contributed by atoms with E-state index in [1.54, 1.807) is 18.0 Å². The average Bonchev–Trinajstić information content (AvgIpc) is 3.20. The van der Waals surface area contributed by atoms with Crippen LogP contribution in [0, 0.1) is 0 Å². The SMILES string of the molecule is CN1C(=O)c2ccccc2[C@H](C(=O)Nc2nnc(C(C)(C)C)s2)[C@H]1c1ccccc1. The number of nitrogens with zero attached hydrogens (tertiary/aromatic N) is 3. The Morgan fingerprint density at radius 1 is 1.03 bits per heavy atom. The first-order chi connectivity index (χ1) is 14.3. The molecule has 0 radical (unpaired) electrons. The van der Waals surface area contributed by atoms with E-state index in [1.165, 1.54) is 11.3 Å². The van der Waals surface area contributed by atoms with Crippen molar-refractivity contribution in [3.05, 3.63) is 76.3 Å². The van der Waals surface area contributed by atoms with Gasteiger partial charge in [0, 0.05) is 18.0 Å². The Morgan fingerprint density at radius 3 is 2.37 bits per heavy atom. The van der Waals surface area contributed by atoms with Crippen molar-refractivity contribution in [2.45, 2.75) is 38.1 Å². The highest BCUT2D eigenvalue weighted by Gasteiger charge is 2.42. The third-order valence-corrected chi connectivity index (χ3v) is 6.56. The van der Waals surface area contributed by atoms with Gasteiger partial charge in [-0.05, 0) is 17.2 Å². The van der Waals surface area contributed by atoms with E-state index in [9.17, 15) is 9.59 Å². The van der Waals surface area contributed by atoms with E-state index in [1.807, 2.05) is 48.5 Å². The fourth-order valence-electron chi connectivity index (χ4n) is 3.78. The van der Waals surface area contributed by atoms with Gasteiger partial charge in [-0.25, -0.2) is 0 Å². The Bertz CT molecular complexity index is 1090. The number of anilines is 1. The number of amides is 2. The number of carbonyl (C=O) groups is 2. The third-order valence-electron chi connectivity index (χ3n) is 5.30. The topological polar surface area (TPSA) is 75.2 Å². The van der Waals surface area contributed by atoms with Crippen molar-refractivity contribution in [3.63, 3.8) is 0 Å². The molecule has 0 aliphatic carbocycles. The number of aromatic nitrogens is 2. The van der Waals surface area contributed by atoms with Crippen molar-refractivity contribution in [3.8, 4) is 0 Å². The lowest BCUT2D eigenvalue weighted by Crippen LogP contribution is -2.44. The minimum absolute atomic E-state index is 0.0885. The molecule has 1 aliphatic rings. The van der Waals surface area contributed by atoms with Gasteiger partial charge in [0.1, 0.15) is 5.01 Å². The molecule has 6 nitrogen and oxygen atoms in total. The molecule has 0 bridgehead atoms. The number of likely N-dealkylation sites (N-methyl/N-ethyl adjacent to an activating group) is 1.